The minimum atomic E-state index is 0.0206. The SMILES string of the molecule is c1ccc(CCN2CCN(CCn3nnnc3C(c3ccccc3)c3ccccc3)CC2)cc1. The smallest absolute Gasteiger partial charge is 0.163 e. The Morgan fingerprint density at radius 3 is 1.74 bits per heavy atom. The van der Waals surface area contributed by atoms with Crippen molar-refractivity contribution in [1.82, 2.24) is 30.0 Å². The van der Waals surface area contributed by atoms with Crippen LogP contribution in [0.5, 0.6) is 0 Å². The summed E-state index contributed by atoms with van der Waals surface area (Å²) in [5.41, 5.74) is 3.83. The van der Waals surface area contributed by atoms with Gasteiger partial charge < -0.3 is 4.90 Å². The van der Waals surface area contributed by atoms with Gasteiger partial charge in [-0.2, -0.15) is 0 Å². The molecular weight excluding hydrogens is 420 g/mol. The van der Waals surface area contributed by atoms with Crippen LogP contribution in [0.2, 0.25) is 0 Å². The molecule has 0 saturated carbocycles. The molecule has 0 bridgehead atoms. The van der Waals surface area contributed by atoms with E-state index in [9.17, 15) is 0 Å². The van der Waals surface area contributed by atoms with Crippen LogP contribution in [0.25, 0.3) is 0 Å². The second kappa shape index (κ2) is 11.2. The van der Waals surface area contributed by atoms with Crippen LogP contribution in [0, 0.1) is 0 Å². The minimum Gasteiger partial charge on any atom is -0.300 e. The summed E-state index contributed by atoms with van der Waals surface area (Å²) in [6, 6.07) is 31.8. The molecule has 1 aromatic heterocycles. The largest absolute Gasteiger partial charge is 0.300 e. The second-order valence-corrected chi connectivity index (χ2v) is 8.93. The fraction of sp³-hybridized carbons (Fsp3) is 0.321. The molecule has 0 atom stereocenters. The zero-order chi connectivity index (χ0) is 23.0. The third-order valence-electron chi connectivity index (χ3n) is 6.74. The molecule has 1 saturated heterocycles. The van der Waals surface area contributed by atoms with Crippen LogP contribution < -0.4 is 0 Å². The van der Waals surface area contributed by atoms with E-state index < -0.39 is 0 Å². The zero-order valence-electron chi connectivity index (χ0n) is 19.6. The lowest BCUT2D eigenvalue weighted by Crippen LogP contribution is -2.47. The second-order valence-electron chi connectivity index (χ2n) is 8.93. The molecule has 1 aliphatic heterocycles. The molecule has 0 radical (unpaired) electrons. The van der Waals surface area contributed by atoms with Crippen LogP contribution in [-0.2, 0) is 13.0 Å². The summed E-state index contributed by atoms with van der Waals surface area (Å²) in [6.45, 7) is 7.30. The first kappa shape index (κ1) is 22.4. The molecule has 2 heterocycles. The Labute approximate surface area is 201 Å². The Hall–Kier alpha value is -3.35. The van der Waals surface area contributed by atoms with Crippen molar-refractivity contribution in [3.05, 3.63) is 114 Å². The predicted octanol–water partition coefficient (Wildman–Crippen LogP) is 3.71. The van der Waals surface area contributed by atoms with Crippen molar-refractivity contribution in [1.29, 1.82) is 0 Å². The molecule has 0 aliphatic carbocycles. The van der Waals surface area contributed by atoms with Crippen LogP contribution in [-0.4, -0.2) is 69.3 Å². The monoisotopic (exact) mass is 452 g/mol. The quantitative estimate of drug-likeness (QED) is 0.387. The van der Waals surface area contributed by atoms with Gasteiger partial charge in [0.05, 0.1) is 12.5 Å². The van der Waals surface area contributed by atoms with Crippen molar-refractivity contribution in [3.63, 3.8) is 0 Å². The molecule has 0 unspecified atom stereocenters. The average Bonchev–Trinajstić information content (AvgIpc) is 3.37. The van der Waals surface area contributed by atoms with E-state index in [-0.39, 0.29) is 5.92 Å². The van der Waals surface area contributed by atoms with Crippen molar-refractivity contribution in [2.75, 3.05) is 39.3 Å². The summed E-state index contributed by atoms with van der Waals surface area (Å²) in [5, 5.41) is 12.9. The third-order valence-corrected chi connectivity index (χ3v) is 6.74. The maximum absolute atomic E-state index is 4.47. The number of aromatic nitrogens is 4. The summed E-state index contributed by atoms with van der Waals surface area (Å²) < 4.78 is 1.99. The first-order valence-corrected chi connectivity index (χ1v) is 12.2. The molecule has 6 nitrogen and oxygen atoms in total. The number of piperazine rings is 1. The van der Waals surface area contributed by atoms with E-state index in [1.807, 2.05) is 16.8 Å². The Morgan fingerprint density at radius 2 is 1.15 bits per heavy atom. The molecule has 1 aliphatic rings. The molecule has 174 valence electrons. The van der Waals surface area contributed by atoms with Crippen LogP contribution >= 0.6 is 0 Å². The molecular formula is C28H32N6. The van der Waals surface area contributed by atoms with Crippen molar-refractivity contribution in [2.24, 2.45) is 0 Å². The van der Waals surface area contributed by atoms with Gasteiger partial charge >= 0.3 is 0 Å². The Bertz CT molecular complexity index is 1080. The van der Waals surface area contributed by atoms with Crippen LogP contribution in [0.3, 0.4) is 0 Å². The van der Waals surface area contributed by atoms with E-state index in [2.05, 4.69) is 104 Å². The number of hydrogen-bond acceptors (Lipinski definition) is 5. The molecule has 6 heteroatoms. The zero-order valence-corrected chi connectivity index (χ0v) is 19.6. The third kappa shape index (κ3) is 5.58. The maximum Gasteiger partial charge on any atom is 0.163 e. The number of nitrogens with zero attached hydrogens (tertiary/aromatic N) is 6. The van der Waals surface area contributed by atoms with Gasteiger partial charge in [0.15, 0.2) is 5.82 Å². The highest BCUT2D eigenvalue weighted by atomic mass is 15.5. The van der Waals surface area contributed by atoms with Crippen molar-refractivity contribution in [3.8, 4) is 0 Å². The summed E-state index contributed by atoms with van der Waals surface area (Å²) in [6.07, 6.45) is 1.12. The normalized spacial score (nSPS) is 15.1. The summed E-state index contributed by atoms with van der Waals surface area (Å²) >= 11 is 0. The molecule has 4 aromatic rings. The van der Waals surface area contributed by atoms with Gasteiger partial charge in [-0.05, 0) is 33.5 Å². The minimum absolute atomic E-state index is 0.0206. The van der Waals surface area contributed by atoms with Crippen molar-refractivity contribution < 1.29 is 0 Å². The number of tetrazole rings is 1. The van der Waals surface area contributed by atoms with E-state index in [4.69, 9.17) is 0 Å². The lowest BCUT2D eigenvalue weighted by molar-refractivity contribution is 0.128. The van der Waals surface area contributed by atoms with Gasteiger partial charge in [0.2, 0.25) is 0 Å². The van der Waals surface area contributed by atoms with Crippen LogP contribution in [0.15, 0.2) is 91.0 Å². The van der Waals surface area contributed by atoms with Gasteiger partial charge in [0, 0.05) is 39.3 Å². The molecule has 1 fully saturated rings. The van der Waals surface area contributed by atoms with Crippen LogP contribution in [0.4, 0.5) is 0 Å². The summed E-state index contributed by atoms with van der Waals surface area (Å²) in [5.74, 6) is 0.922. The molecule has 34 heavy (non-hydrogen) atoms. The maximum atomic E-state index is 4.47. The Kier molecular flexibility index (Phi) is 7.38. The van der Waals surface area contributed by atoms with Gasteiger partial charge in [-0.1, -0.05) is 91.0 Å². The highest BCUT2D eigenvalue weighted by Gasteiger charge is 2.24. The average molecular weight is 453 g/mol. The Balaban J connectivity index is 1.20. The van der Waals surface area contributed by atoms with E-state index in [1.54, 1.807) is 0 Å². The predicted molar refractivity (Wildman–Crippen MR) is 135 cm³/mol. The number of benzene rings is 3. The van der Waals surface area contributed by atoms with Crippen molar-refractivity contribution >= 4 is 0 Å². The summed E-state index contributed by atoms with van der Waals surface area (Å²) in [4.78, 5) is 5.11. The van der Waals surface area contributed by atoms with Gasteiger partial charge in [-0.15, -0.1) is 5.10 Å². The Morgan fingerprint density at radius 1 is 0.618 bits per heavy atom. The topological polar surface area (TPSA) is 50.1 Å². The van der Waals surface area contributed by atoms with E-state index in [0.29, 0.717) is 0 Å². The lowest BCUT2D eigenvalue weighted by Gasteiger charge is -2.34. The number of rotatable bonds is 9. The fourth-order valence-corrected chi connectivity index (χ4v) is 4.76. The van der Waals surface area contributed by atoms with E-state index >= 15 is 0 Å². The van der Waals surface area contributed by atoms with Crippen LogP contribution in [0.1, 0.15) is 28.4 Å². The number of hydrogen-bond donors (Lipinski definition) is 0. The first-order valence-electron chi connectivity index (χ1n) is 12.2. The molecule has 0 amide bonds. The van der Waals surface area contributed by atoms with Gasteiger partial charge in [-0.25, -0.2) is 4.68 Å². The highest BCUT2D eigenvalue weighted by molar-refractivity contribution is 5.38. The molecule has 0 spiro atoms. The fourth-order valence-electron chi connectivity index (χ4n) is 4.76. The lowest BCUT2D eigenvalue weighted by atomic mass is 9.90. The molecule has 3 aromatic carbocycles. The van der Waals surface area contributed by atoms with Gasteiger partial charge in [0.25, 0.3) is 0 Å². The standard InChI is InChI=1S/C28H32N6/c1-4-10-24(11-5-1)16-17-32-18-20-33(21-19-32)22-23-34-28(29-30-31-34)27(25-12-6-2-7-13-25)26-14-8-3-9-15-26/h1-15,27H,16-23H2. The van der Waals surface area contributed by atoms with E-state index in [1.165, 1.54) is 16.7 Å². The highest BCUT2D eigenvalue weighted by Crippen LogP contribution is 2.30. The van der Waals surface area contributed by atoms with E-state index in [0.717, 1.165) is 58.1 Å². The molecule has 5 rings (SSSR count). The molecule has 0 N–H and O–H groups in total. The van der Waals surface area contributed by atoms with Crippen molar-refractivity contribution in [2.45, 2.75) is 18.9 Å². The summed E-state index contributed by atoms with van der Waals surface area (Å²) in [7, 11) is 0. The van der Waals surface area contributed by atoms with Gasteiger partial charge in [0.1, 0.15) is 0 Å². The first-order chi connectivity index (χ1) is 16.9. The van der Waals surface area contributed by atoms with Gasteiger partial charge in [-0.3, -0.25) is 4.90 Å².